The number of nitrogens with one attached hydrogen (secondary N) is 1. The van der Waals surface area contributed by atoms with E-state index >= 15 is 0 Å². The van der Waals surface area contributed by atoms with Gasteiger partial charge in [-0.15, -0.1) is 0 Å². The Morgan fingerprint density at radius 3 is 2.94 bits per heavy atom. The van der Waals surface area contributed by atoms with Crippen molar-refractivity contribution in [3.05, 3.63) is 36.1 Å². The van der Waals surface area contributed by atoms with E-state index in [1.54, 1.807) is 12.1 Å². The zero-order valence-corrected chi connectivity index (χ0v) is 10.4. The first kappa shape index (κ1) is 12.6. The van der Waals surface area contributed by atoms with Gasteiger partial charge in [-0.05, 0) is 18.7 Å². The summed E-state index contributed by atoms with van der Waals surface area (Å²) in [5.74, 6) is 0.545. The number of hydrogen-bond donors (Lipinski definition) is 1. The molecule has 0 amide bonds. The number of aromatic nitrogens is 1. The lowest BCUT2D eigenvalue weighted by atomic mass is 10.1. The minimum Gasteiger partial charge on any atom is -0.497 e. The van der Waals surface area contributed by atoms with Gasteiger partial charge in [0.2, 0.25) is 0 Å². The normalized spacial score (nSPS) is 10.6. The molecule has 0 aliphatic rings. The van der Waals surface area contributed by atoms with Crippen LogP contribution in [0, 0.1) is 5.82 Å². The van der Waals surface area contributed by atoms with Gasteiger partial charge in [-0.25, -0.2) is 9.37 Å². The molecule has 0 bridgehead atoms. The summed E-state index contributed by atoms with van der Waals surface area (Å²) >= 11 is 0. The van der Waals surface area contributed by atoms with E-state index in [1.165, 1.54) is 19.6 Å². The maximum absolute atomic E-state index is 13.9. The zero-order chi connectivity index (χ0) is 13.0. The highest BCUT2D eigenvalue weighted by Gasteiger charge is 2.15. The summed E-state index contributed by atoms with van der Waals surface area (Å²) in [5, 5.41) is 3.13. The molecule has 0 radical (unpaired) electrons. The number of halogens is 1. The first-order valence-corrected chi connectivity index (χ1v) is 5.73. The molecule has 0 atom stereocenters. The SMILES string of the molecule is CCNCc1ncoc1-c1ccc(OC)cc1F. The van der Waals surface area contributed by atoms with E-state index in [1.807, 2.05) is 6.92 Å². The van der Waals surface area contributed by atoms with Gasteiger partial charge in [-0.1, -0.05) is 6.92 Å². The van der Waals surface area contributed by atoms with E-state index in [0.717, 1.165) is 6.54 Å². The molecule has 1 aromatic carbocycles. The summed E-state index contributed by atoms with van der Waals surface area (Å²) < 4.78 is 24.1. The number of rotatable bonds is 5. The lowest BCUT2D eigenvalue weighted by Gasteiger charge is -2.05. The highest BCUT2D eigenvalue weighted by Crippen LogP contribution is 2.28. The molecular formula is C13H15FN2O2. The molecule has 2 rings (SSSR count). The number of methoxy groups -OCH3 is 1. The highest BCUT2D eigenvalue weighted by atomic mass is 19.1. The molecule has 0 saturated carbocycles. The fourth-order valence-corrected chi connectivity index (χ4v) is 1.66. The van der Waals surface area contributed by atoms with Gasteiger partial charge < -0.3 is 14.5 Å². The van der Waals surface area contributed by atoms with E-state index in [2.05, 4.69) is 10.3 Å². The molecule has 0 fully saturated rings. The first-order valence-electron chi connectivity index (χ1n) is 5.73. The van der Waals surface area contributed by atoms with Gasteiger partial charge in [0.15, 0.2) is 12.2 Å². The van der Waals surface area contributed by atoms with Crippen LogP contribution in [-0.2, 0) is 6.54 Å². The van der Waals surface area contributed by atoms with Crippen LogP contribution in [0.15, 0.2) is 29.0 Å². The van der Waals surface area contributed by atoms with Gasteiger partial charge in [0.05, 0.1) is 12.7 Å². The van der Waals surface area contributed by atoms with Crippen LogP contribution in [0.3, 0.4) is 0 Å². The molecule has 0 aliphatic heterocycles. The first-order chi connectivity index (χ1) is 8.76. The minimum atomic E-state index is -0.385. The molecular weight excluding hydrogens is 235 g/mol. The lowest BCUT2D eigenvalue weighted by molar-refractivity contribution is 0.411. The van der Waals surface area contributed by atoms with E-state index in [4.69, 9.17) is 9.15 Å². The predicted molar refractivity (Wildman–Crippen MR) is 65.8 cm³/mol. The Bertz CT molecular complexity index is 525. The standard InChI is InChI=1S/C13H15FN2O2/c1-3-15-7-12-13(18-8-16-12)10-5-4-9(17-2)6-11(10)14/h4-6,8,15H,3,7H2,1-2H3. The van der Waals surface area contributed by atoms with Crippen LogP contribution in [0.2, 0.25) is 0 Å². The minimum absolute atomic E-state index is 0.385. The van der Waals surface area contributed by atoms with Crippen molar-refractivity contribution in [2.45, 2.75) is 13.5 Å². The van der Waals surface area contributed by atoms with Gasteiger partial charge in [0, 0.05) is 12.6 Å². The summed E-state index contributed by atoms with van der Waals surface area (Å²) in [6.45, 7) is 3.36. The zero-order valence-electron chi connectivity index (χ0n) is 10.4. The third-order valence-electron chi connectivity index (χ3n) is 2.60. The molecule has 1 heterocycles. The molecule has 0 saturated heterocycles. The quantitative estimate of drug-likeness (QED) is 0.886. The Hall–Kier alpha value is -1.88. The van der Waals surface area contributed by atoms with Crippen LogP contribution >= 0.6 is 0 Å². The Labute approximate surface area is 105 Å². The summed E-state index contributed by atoms with van der Waals surface area (Å²) in [6.07, 6.45) is 1.33. The van der Waals surface area contributed by atoms with Crippen LogP contribution in [0.4, 0.5) is 4.39 Å². The Balaban J connectivity index is 2.33. The number of hydrogen-bond acceptors (Lipinski definition) is 4. The second kappa shape index (κ2) is 5.64. The van der Waals surface area contributed by atoms with Crippen molar-refractivity contribution in [2.24, 2.45) is 0 Å². The van der Waals surface area contributed by atoms with Crippen molar-refractivity contribution in [2.75, 3.05) is 13.7 Å². The molecule has 96 valence electrons. The Kier molecular flexibility index (Phi) is 3.94. The smallest absolute Gasteiger partial charge is 0.181 e. The Morgan fingerprint density at radius 2 is 2.28 bits per heavy atom. The average Bonchev–Trinajstić information content (AvgIpc) is 2.84. The monoisotopic (exact) mass is 250 g/mol. The van der Waals surface area contributed by atoms with E-state index in [9.17, 15) is 4.39 Å². The fraction of sp³-hybridized carbons (Fsp3) is 0.308. The average molecular weight is 250 g/mol. The molecule has 1 N–H and O–H groups in total. The van der Waals surface area contributed by atoms with Gasteiger partial charge >= 0.3 is 0 Å². The number of ether oxygens (including phenoxy) is 1. The molecule has 5 heteroatoms. The van der Waals surface area contributed by atoms with Crippen molar-refractivity contribution < 1.29 is 13.5 Å². The van der Waals surface area contributed by atoms with Crippen molar-refractivity contribution in [1.82, 2.24) is 10.3 Å². The summed E-state index contributed by atoms with van der Waals surface area (Å²) in [5.41, 5.74) is 1.09. The molecule has 4 nitrogen and oxygen atoms in total. The maximum Gasteiger partial charge on any atom is 0.181 e. The second-order valence-corrected chi connectivity index (χ2v) is 3.75. The summed E-state index contributed by atoms with van der Waals surface area (Å²) in [7, 11) is 1.50. The van der Waals surface area contributed by atoms with Gasteiger partial charge in [0.25, 0.3) is 0 Å². The van der Waals surface area contributed by atoms with E-state index in [0.29, 0.717) is 29.3 Å². The number of nitrogens with zero attached hydrogens (tertiary/aromatic N) is 1. The lowest BCUT2D eigenvalue weighted by Crippen LogP contribution is -2.12. The van der Waals surface area contributed by atoms with Gasteiger partial charge in [0.1, 0.15) is 17.3 Å². The maximum atomic E-state index is 13.9. The van der Waals surface area contributed by atoms with Crippen LogP contribution in [0.25, 0.3) is 11.3 Å². The third-order valence-corrected chi connectivity index (χ3v) is 2.60. The van der Waals surface area contributed by atoms with Gasteiger partial charge in [-0.3, -0.25) is 0 Å². The molecule has 0 unspecified atom stereocenters. The molecule has 0 spiro atoms. The molecule has 2 aromatic rings. The molecule has 18 heavy (non-hydrogen) atoms. The van der Waals surface area contributed by atoms with Crippen molar-refractivity contribution in [3.63, 3.8) is 0 Å². The van der Waals surface area contributed by atoms with E-state index < -0.39 is 0 Å². The van der Waals surface area contributed by atoms with Gasteiger partial charge in [-0.2, -0.15) is 0 Å². The number of oxazole rings is 1. The van der Waals surface area contributed by atoms with Crippen LogP contribution in [0.1, 0.15) is 12.6 Å². The van der Waals surface area contributed by atoms with Crippen LogP contribution in [-0.4, -0.2) is 18.6 Å². The van der Waals surface area contributed by atoms with E-state index in [-0.39, 0.29) is 5.82 Å². The Morgan fingerprint density at radius 1 is 1.44 bits per heavy atom. The fourth-order valence-electron chi connectivity index (χ4n) is 1.66. The van der Waals surface area contributed by atoms with Crippen molar-refractivity contribution in [1.29, 1.82) is 0 Å². The third kappa shape index (κ3) is 2.51. The molecule has 1 aromatic heterocycles. The predicted octanol–water partition coefficient (Wildman–Crippen LogP) is 2.60. The van der Waals surface area contributed by atoms with Crippen molar-refractivity contribution >= 4 is 0 Å². The summed E-state index contributed by atoms with van der Waals surface area (Å²) in [6, 6.07) is 4.65. The topological polar surface area (TPSA) is 47.3 Å². The number of benzene rings is 1. The van der Waals surface area contributed by atoms with Crippen molar-refractivity contribution in [3.8, 4) is 17.1 Å². The van der Waals surface area contributed by atoms with Crippen LogP contribution in [0.5, 0.6) is 5.75 Å². The van der Waals surface area contributed by atoms with Crippen LogP contribution < -0.4 is 10.1 Å². The summed E-state index contributed by atoms with van der Waals surface area (Å²) in [4.78, 5) is 4.09. The second-order valence-electron chi connectivity index (χ2n) is 3.75. The molecule has 0 aliphatic carbocycles. The largest absolute Gasteiger partial charge is 0.497 e. The highest BCUT2D eigenvalue weighted by molar-refractivity contribution is 5.61.